The van der Waals surface area contributed by atoms with Crippen LogP contribution in [0.5, 0.6) is 0 Å². The Morgan fingerprint density at radius 3 is 2.45 bits per heavy atom. The number of hydrogen-bond donors (Lipinski definition) is 1. The fourth-order valence-electron chi connectivity index (χ4n) is 1.65. The lowest BCUT2D eigenvalue weighted by molar-refractivity contribution is -0.112. The highest BCUT2D eigenvalue weighted by Gasteiger charge is 2.12. The Morgan fingerprint density at radius 1 is 1.18 bits per heavy atom. The van der Waals surface area contributed by atoms with Crippen LogP contribution in [0.1, 0.15) is 5.56 Å². The maximum Gasteiger partial charge on any atom is 0.266 e. The number of halogens is 3. The lowest BCUT2D eigenvalue weighted by atomic mass is 10.1. The van der Waals surface area contributed by atoms with E-state index >= 15 is 0 Å². The number of amides is 1. The number of rotatable bonds is 3. The predicted molar refractivity (Wildman–Crippen MR) is 82.7 cm³/mol. The van der Waals surface area contributed by atoms with Gasteiger partial charge in [-0.05, 0) is 35.9 Å². The van der Waals surface area contributed by atoms with E-state index in [9.17, 15) is 13.6 Å². The third-order valence-corrected chi connectivity index (χ3v) is 3.25. The topological polar surface area (TPSA) is 52.9 Å². The molecule has 0 saturated heterocycles. The van der Waals surface area contributed by atoms with Crippen LogP contribution in [0, 0.1) is 23.0 Å². The van der Waals surface area contributed by atoms with Crippen LogP contribution in [0.4, 0.5) is 14.5 Å². The van der Waals surface area contributed by atoms with Crippen LogP contribution in [-0.4, -0.2) is 5.91 Å². The molecular formula is C16H9BrF2N2O. The van der Waals surface area contributed by atoms with Crippen LogP contribution < -0.4 is 5.32 Å². The predicted octanol–water partition coefficient (Wildman–Crippen LogP) is 4.27. The number of carbonyl (C=O) groups is 1. The quantitative estimate of drug-likeness (QED) is 0.654. The summed E-state index contributed by atoms with van der Waals surface area (Å²) in [4.78, 5) is 12.0. The normalized spacial score (nSPS) is 10.9. The number of nitrogens with one attached hydrogen (secondary N) is 1. The second-order valence-electron chi connectivity index (χ2n) is 4.30. The number of nitrogens with zero attached hydrogens (tertiary/aromatic N) is 1. The molecule has 2 aromatic rings. The van der Waals surface area contributed by atoms with Crippen molar-refractivity contribution in [3.05, 3.63) is 69.7 Å². The van der Waals surface area contributed by atoms with Gasteiger partial charge in [0.1, 0.15) is 23.3 Å². The first-order valence-electron chi connectivity index (χ1n) is 6.13. The second kappa shape index (κ2) is 6.96. The minimum atomic E-state index is -0.908. The molecule has 0 bridgehead atoms. The van der Waals surface area contributed by atoms with Gasteiger partial charge in [0.2, 0.25) is 0 Å². The Bertz CT molecular complexity index is 780. The third kappa shape index (κ3) is 3.99. The van der Waals surface area contributed by atoms with Crippen molar-refractivity contribution in [2.75, 3.05) is 5.32 Å². The molecular weight excluding hydrogens is 354 g/mol. The maximum atomic E-state index is 13.5. The monoisotopic (exact) mass is 362 g/mol. The summed E-state index contributed by atoms with van der Waals surface area (Å²) < 4.78 is 27.2. The molecule has 0 aliphatic rings. The summed E-state index contributed by atoms with van der Waals surface area (Å²) in [5, 5.41) is 11.3. The van der Waals surface area contributed by atoms with Crippen LogP contribution in [0.2, 0.25) is 0 Å². The first-order valence-corrected chi connectivity index (χ1v) is 6.92. The van der Waals surface area contributed by atoms with Crippen LogP contribution >= 0.6 is 15.9 Å². The number of anilines is 1. The van der Waals surface area contributed by atoms with E-state index in [0.29, 0.717) is 11.6 Å². The van der Waals surface area contributed by atoms with Gasteiger partial charge in [0.25, 0.3) is 5.91 Å². The first-order chi connectivity index (χ1) is 10.5. The summed E-state index contributed by atoms with van der Waals surface area (Å²) in [6.07, 6.45) is 1.38. The van der Waals surface area contributed by atoms with Crippen molar-refractivity contribution in [2.24, 2.45) is 0 Å². The molecule has 1 N–H and O–H groups in total. The zero-order valence-electron chi connectivity index (χ0n) is 11.1. The van der Waals surface area contributed by atoms with Crippen molar-refractivity contribution < 1.29 is 13.6 Å². The Hall–Kier alpha value is -2.52. The second-order valence-corrected chi connectivity index (χ2v) is 5.22. The lowest BCUT2D eigenvalue weighted by Gasteiger charge is -2.05. The molecule has 0 saturated carbocycles. The fraction of sp³-hybridized carbons (Fsp3) is 0. The number of hydrogen-bond acceptors (Lipinski definition) is 2. The molecule has 0 aliphatic carbocycles. The van der Waals surface area contributed by atoms with Crippen LogP contribution in [0.3, 0.4) is 0 Å². The molecule has 0 heterocycles. The minimum absolute atomic E-state index is 0.189. The average Bonchev–Trinajstić information content (AvgIpc) is 2.49. The number of carbonyl (C=O) groups excluding carboxylic acids is 1. The van der Waals surface area contributed by atoms with E-state index < -0.39 is 17.5 Å². The van der Waals surface area contributed by atoms with Gasteiger partial charge < -0.3 is 5.32 Å². The third-order valence-electron chi connectivity index (χ3n) is 2.73. The molecule has 3 nitrogen and oxygen atoms in total. The zero-order valence-corrected chi connectivity index (χ0v) is 12.7. The maximum absolute atomic E-state index is 13.5. The molecule has 2 aromatic carbocycles. The van der Waals surface area contributed by atoms with Gasteiger partial charge in [0.15, 0.2) is 0 Å². The van der Waals surface area contributed by atoms with E-state index in [2.05, 4.69) is 21.2 Å². The van der Waals surface area contributed by atoms with Crippen LogP contribution in [0.25, 0.3) is 6.08 Å². The largest absolute Gasteiger partial charge is 0.319 e. The van der Waals surface area contributed by atoms with E-state index in [1.54, 1.807) is 30.3 Å². The summed E-state index contributed by atoms with van der Waals surface area (Å²) in [6.45, 7) is 0. The molecule has 110 valence electrons. The van der Waals surface area contributed by atoms with Gasteiger partial charge in [-0.1, -0.05) is 28.1 Å². The standard InChI is InChI=1S/C16H9BrF2N2O/c17-12-3-1-10(2-4-12)7-11(9-20)16(22)21-15-6-5-13(18)8-14(15)19/h1-8H,(H,21,22)/b11-7+. The smallest absolute Gasteiger partial charge is 0.266 e. The molecule has 0 fully saturated rings. The summed E-state index contributed by atoms with van der Waals surface area (Å²) in [5.41, 5.74) is 0.267. The Labute approximate surface area is 134 Å². The van der Waals surface area contributed by atoms with Crippen LogP contribution in [0.15, 0.2) is 52.5 Å². The molecule has 0 aromatic heterocycles. The Kier molecular flexibility index (Phi) is 5.02. The molecule has 22 heavy (non-hydrogen) atoms. The van der Waals surface area contributed by atoms with E-state index in [1.807, 2.05) is 0 Å². The number of nitriles is 1. The van der Waals surface area contributed by atoms with Crippen molar-refractivity contribution in [2.45, 2.75) is 0 Å². The molecule has 1 amide bonds. The summed E-state index contributed by atoms with van der Waals surface area (Å²) in [7, 11) is 0. The van der Waals surface area contributed by atoms with Crippen molar-refractivity contribution in [1.29, 1.82) is 5.26 Å². The zero-order chi connectivity index (χ0) is 16.1. The molecule has 0 spiro atoms. The van der Waals surface area contributed by atoms with Crippen LogP contribution in [-0.2, 0) is 4.79 Å². The van der Waals surface area contributed by atoms with Gasteiger partial charge in [0, 0.05) is 10.5 Å². The Morgan fingerprint density at radius 2 is 1.86 bits per heavy atom. The molecule has 0 atom stereocenters. The molecule has 2 rings (SSSR count). The molecule has 0 aliphatic heterocycles. The average molecular weight is 363 g/mol. The van der Waals surface area contributed by atoms with E-state index in [1.165, 1.54) is 6.08 Å². The van der Waals surface area contributed by atoms with Gasteiger partial charge in [-0.15, -0.1) is 0 Å². The van der Waals surface area contributed by atoms with Crippen molar-refractivity contribution >= 4 is 33.6 Å². The molecule has 0 unspecified atom stereocenters. The van der Waals surface area contributed by atoms with Crippen molar-refractivity contribution in [3.63, 3.8) is 0 Å². The summed E-state index contributed by atoms with van der Waals surface area (Å²) in [5.74, 6) is -2.42. The van der Waals surface area contributed by atoms with E-state index in [-0.39, 0.29) is 11.3 Å². The van der Waals surface area contributed by atoms with Gasteiger partial charge in [-0.25, -0.2) is 8.78 Å². The summed E-state index contributed by atoms with van der Waals surface area (Å²) >= 11 is 3.28. The van der Waals surface area contributed by atoms with E-state index in [0.717, 1.165) is 16.6 Å². The van der Waals surface area contributed by atoms with Gasteiger partial charge in [-0.2, -0.15) is 5.26 Å². The molecule has 6 heteroatoms. The molecule has 0 radical (unpaired) electrons. The minimum Gasteiger partial charge on any atom is -0.319 e. The first kappa shape index (κ1) is 15.9. The van der Waals surface area contributed by atoms with Gasteiger partial charge in [0.05, 0.1) is 5.69 Å². The number of benzene rings is 2. The van der Waals surface area contributed by atoms with Crippen molar-refractivity contribution in [1.82, 2.24) is 0 Å². The summed E-state index contributed by atoms with van der Waals surface area (Å²) in [6, 6.07) is 11.5. The highest BCUT2D eigenvalue weighted by molar-refractivity contribution is 9.10. The van der Waals surface area contributed by atoms with Gasteiger partial charge >= 0.3 is 0 Å². The van der Waals surface area contributed by atoms with E-state index in [4.69, 9.17) is 5.26 Å². The lowest BCUT2D eigenvalue weighted by Crippen LogP contribution is -2.14. The highest BCUT2D eigenvalue weighted by Crippen LogP contribution is 2.17. The fourth-order valence-corrected chi connectivity index (χ4v) is 1.92. The van der Waals surface area contributed by atoms with Gasteiger partial charge in [-0.3, -0.25) is 4.79 Å². The Balaban J connectivity index is 2.22. The SMILES string of the molecule is N#C/C(=C\c1ccc(Br)cc1)C(=O)Nc1ccc(F)cc1F. The van der Waals surface area contributed by atoms with Crippen molar-refractivity contribution in [3.8, 4) is 6.07 Å². The highest BCUT2D eigenvalue weighted by atomic mass is 79.9.